The monoisotopic (exact) mass is 340 g/mol. The molecule has 0 fully saturated rings. The van der Waals surface area contributed by atoms with Crippen molar-refractivity contribution >= 4 is 0 Å². The number of halogens is 1. The van der Waals surface area contributed by atoms with E-state index in [1.54, 1.807) is 24.0 Å². The second-order valence-corrected chi connectivity index (χ2v) is 5.65. The highest BCUT2D eigenvalue weighted by atomic mass is 19.1. The van der Waals surface area contributed by atoms with E-state index in [0.29, 0.717) is 25.3 Å². The Morgan fingerprint density at radius 2 is 1.80 bits per heavy atom. The highest BCUT2D eigenvalue weighted by molar-refractivity contribution is 5.60. The second kappa shape index (κ2) is 8.50. The van der Waals surface area contributed by atoms with Gasteiger partial charge in [-0.1, -0.05) is 48.5 Å². The van der Waals surface area contributed by atoms with Crippen LogP contribution in [-0.4, -0.2) is 35.3 Å². The SMILES string of the molecule is COCCNCc1nn(Cc2ccccc2F)nc1-c1ccccc1. The standard InChI is InChI=1S/C19H21FN4O/c1-25-12-11-21-13-18-19(15-7-3-2-4-8-15)23-24(22-18)14-16-9-5-6-10-17(16)20/h2-10,21H,11-14H2,1H3. The summed E-state index contributed by atoms with van der Waals surface area (Å²) in [6.45, 7) is 2.23. The molecule has 2 aromatic carbocycles. The van der Waals surface area contributed by atoms with Gasteiger partial charge in [-0.25, -0.2) is 4.39 Å². The minimum absolute atomic E-state index is 0.249. The predicted octanol–water partition coefficient (Wildman–Crippen LogP) is 2.87. The molecule has 0 spiro atoms. The van der Waals surface area contributed by atoms with Gasteiger partial charge in [0, 0.05) is 31.3 Å². The Morgan fingerprint density at radius 3 is 2.56 bits per heavy atom. The molecule has 5 nitrogen and oxygen atoms in total. The molecule has 0 aliphatic rings. The lowest BCUT2D eigenvalue weighted by Gasteiger charge is -2.03. The summed E-state index contributed by atoms with van der Waals surface area (Å²) in [7, 11) is 1.67. The normalized spacial score (nSPS) is 11.0. The molecule has 0 radical (unpaired) electrons. The molecule has 130 valence electrons. The van der Waals surface area contributed by atoms with E-state index in [1.807, 2.05) is 36.4 Å². The van der Waals surface area contributed by atoms with Gasteiger partial charge in [0.25, 0.3) is 0 Å². The van der Waals surface area contributed by atoms with E-state index >= 15 is 0 Å². The van der Waals surface area contributed by atoms with Crippen LogP contribution in [-0.2, 0) is 17.8 Å². The van der Waals surface area contributed by atoms with Gasteiger partial charge in [-0.3, -0.25) is 0 Å². The van der Waals surface area contributed by atoms with Crippen molar-refractivity contribution in [2.24, 2.45) is 0 Å². The van der Waals surface area contributed by atoms with Crippen LogP contribution in [0.1, 0.15) is 11.3 Å². The Labute approximate surface area is 146 Å². The van der Waals surface area contributed by atoms with E-state index in [-0.39, 0.29) is 5.82 Å². The maximum absolute atomic E-state index is 13.9. The van der Waals surface area contributed by atoms with Gasteiger partial charge in [0.2, 0.25) is 0 Å². The van der Waals surface area contributed by atoms with Crippen LogP contribution in [0.5, 0.6) is 0 Å². The minimum Gasteiger partial charge on any atom is -0.383 e. The summed E-state index contributed by atoms with van der Waals surface area (Å²) < 4.78 is 18.9. The van der Waals surface area contributed by atoms with E-state index in [2.05, 4.69) is 15.5 Å². The third-order valence-electron chi connectivity index (χ3n) is 3.82. The van der Waals surface area contributed by atoms with E-state index in [9.17, 15) is 4.39 Å². The number of nitrogens with one attached hydrogen (secondary N) is 1. The van der Waals surface area contributed by atoms with Gasteiger partial charge >= 0.3 is 0 Å². The summed E-state index contributed by atoms with van der Waals surface area (Å²) in [6.07, 6.45) is 0. The molecule has 0 amide bonds. The number of hydrogen-bond donors (Lipinski definition) is 1. The molecule has 1 heterocycles. The topological polar surface area (TPSA) is 52.0 Å². The molecule has 25 heavy (non-hydrogen) atoms. The van der Waals surface area contributed by atoms with Crippen LogP contribution < -0.4 is 5.32 Å². The number of ether oxygens (including phenoxy) is 1. The molecule has 0 atom stereocenters. The fourth-order valence-corrected chi connectivity index (χ4v) is 2.55. The highest BCUT2D eigenvalue weighted by Gasteiger charge is 2.14. The van der Waals surface area contributed by atoms with Crippen LogP contribution in [0.2, 0.25) is 0 Å². The average Bonchev–Trinajstić information content (AvgIpc) is 3.04. The molecular formula is C19H21FN4O. The van der Waals surface area contributed by atoms with Crippen molar-refractivity contribution in [1.82, 2.24) is 20.3 Å². The first-order valence-electron chi connectivity index (χ1n) is 8.20. The average molecular weight is 340 g/mol. The molecule has 3 rings (SSSR count). The van der Waals surface area contributed by atoms with Crippen LogP contribution in [0.15, 0.2) is 54.6 Å². The lowest BCUT2D eigenvalue weighted by molar-refractivity contribution is 0.199. The van der Waals surface area contributed by atoms with Gasteiger partial charge < -0.3 is 10.1 Å². The zero-order chi connectivity index (χ0) is 17.5. The summed E-state index contributed by atoms with van der Waals surface area (Å²) in [5.41, 5.74) is 3.20. The number of aromatic nitrogens is 3. The summed E-state index contributed by atoms with van der Waals surface area (Å²) in [6, 6.07) is 16.6. The minimum atomic E-state index is -0.249. The Bertz CT molecular complexity index is 804. The fraction of sp³-hybridized carbons (Fsp3) is 0.263. The Kier molecular flexibility index (Phi) is 5.87. The van der Waals surface area contributed by atoms with E-state index in [1.165, 1.54) is 6.07 Å². The van der Waals surface area contributed by atoms with E-state index < -0.39 is 0 Å². The number of benzene rings is 2. The largest absolute Gasteiger partial charge is 0.383 e. The van der Waals surface area contributed by atoms with Crippen LogP contribution in [0.25, 0.3) is 11.3 Å². The van der Waals surface area contributed by atoms with Crippen LogP contribution in [0, 0.1) is 5.82 Å². The van der Waals surface area contributed by atoms with Crippen molar-refractivity contribution in [3.63, 3.8) is 0 Å². The van der Waals surface area contributed by atoms with Crippen molar-refractivity contribution < 1.29 is 9.13 Å². The molecule has 6 heteroatoms. The second-order valence-electron chi connectivity index (χ2n) is 5.65. The third kappa shape index (κ3) is 4.49. The number of methoxy groups -OCH3 is 1. The third-order valence-corrected chi connectivity index (χ3v) is 3.82. The van der Waals surface area contributed by atoms with Gasteiger partial charge in [0.1, 0.15) is 17.2 Å². The molecule has 3 aromatic rings. The van der Waals surface area contributed by atoms with Crippen molar-refractivity contribution in [2.45, 2.75) is 13.1 Å². The number of nitrogens with zero attached hydrogens (tertiary/aromatic N) is 3. The Hall–Kier alpha value is -2.57. The zero-order valence-electron chi connectivity index (χ0n) is 14.2. The summed E-state index contributed by atoms with van der Waals surface area (Å²) in [4.78, 5) is 1.55. The molecule has 0 aliphatic carbocycles. The van der Waals surface area contributed by atoms with Crippen molar-refractivity contribution in [1.29, 1.82) is 0 Å². The van der Waals surface area contributed by atoms with Gasteiger partial charge in [-0.2, -0.15) is 15.0 Å². The van der Waals surface area contributed by atoms with Crippen LogP contribution >= 0.6 is 0 Å². The van der Waals surface area contributed by atoms with Crippen molar-refractivity contribution in [3.05, 3.63) is 71.7 Å². The fourth-order valence-electron chi connectivity index (χ4n) is 2.55. The summed E-state index contributed by atoms with van der Waals surface area (Å²) >= 11 is 0. The predicted molar refractivity (Wildman–Crippen MR) is 94.5 cm³/mol. The molecule has 0 saturated carbocycles. The maximum Gasteiger partial charge on any atom is 0.128 e. The Morgan fingerprint density at radius 1 is 1.04 bits per heavy atom. The van der Waals surface area contributed by atoms with Crippen LogP contribution in [0.4, 0.5) is 4.39 Å². The smallest absolute Gasteiger partial charge is 0.128 e. The first-order valence-corrected chi connectivity index (χ1v) is 8.20. The van der Waals surface area contributed by atoms with Crippen LogP contribution in [0.3, 0.4) is 0 Å². The van der Waals surface area contributed by atoms with Crippen molar-refractivity contribution in [2.75, 3.05) is 20.3 Å². The zero-order valence-corrected chi connectivity index (χ0v) is 14.2. The highest BCUT2D eigenvalue weighted by Crippen LogP contribution is 2.20. The molecule has 1 N–H and O–H groups in total. The molecule has 0 saturated heterocycles. The quantitative estimate of drug-likeness (QED) is 0.641. The lowest BCUT2D eigenvalue weighted by Crippen LogP contribution is -2.19. The van der Waals surface area contributed by atoms with Crippen molar-refractivity contribution in [3.8, 4) is 11.3 Å². The van der Waals surface area contributed by atoms with Gasteiger partial charge in [0.15, 0.2) is 0 Å². The van der Waals surface area contributed by atoms with Gasteiger partial charge in [0.05, 0.1) is 13.2 Å². The summed E-state index contributed by atoms with van der Waals surface area (Å²) in [5, 5.41) is 12.4. The number of rotatable bonds is 8. The first kappa shape index (κ1) is 17.3. The lowest BCUT2D eigenvalue weighted by atomic mass is 10.1. The van der Waals surface area contributed by atoms with E-state index in [4.69, 9.17) is 4.74 Å². The Balaban J connectivity index is 1.84. The summed E-state index contributed by atoms with van der Waals surface area (Å²) in [5.74, 6) is -0.249. The molecule has 0 unspecified atom stereocenters. The maximum atomic E-state index is 13.9. The number of hydrogen-bond acceptors (Lipinski definition) is 4. The molecule has 0 bridgehead atoms. The van der Waals surface area contributed by atoms with Gasteiger partial charge in [-0.15, -0.1) is 0 Å². The van der Waals surface area contributed by atoms with E-state index in [0.717, 1.165) is 23.5 Å². The molecule has 0 aliphatic heterocycles. The van der Waals surface area contributed by atoms with Gasteiger partial charge in [-0.05, 0) is 6.07 Å². The molecule has 1 aromatic heterocycles. The molecular weight excluding hydrogens is 319 g/mol. The first-order chi connectivity index (χ1) is 12.3.